The highest BCUT2D eigenvalue weighted by Crippen LogP contribution is 2.11. The number of sulfonamides is 1. The second kappa shape index (κ2) is 10.4. The predicted octanol–water partition coefficient (Wildman–Crippen LogP) is 0.183. The molecule has 3 N–H and O–H groups in total. The standard InChI is InChI=1S/C15H31N5O4S/c1-4-24-15(21)20-11-7-13(8-12-20)18-14(16)17-9-6-10-19(3)25(22,23)5-2/h13H,4-12H2,1-3H3,(H3,16,17,18). The first-order chi connectivity index (χ1) is 11.8. The highest BCUT2D eigenvalue weighted by Gasteiger charge is 2.23. The molecule has 1 aliphatic heterocycles. The van der Waals surface area contributed by atoms with Gasteiger partial charge in [-0.2, -0.15) is 0 Å². The summed E-state index contributed by atoms with van der Waals surface area (Å²) in [5.41, 5.74) is 5.88. The van der Waals surface area contributed by atoms with E-state index in [2.05, 4.69) is 10.3 Å². The molecule has 1 fully saturated rings. The highest BCUT2D eigenvalue weighted by atomic mass is 32.2. The lowest BCUT2D eigenvalue weighted by Gasteiger charge is -2.31. The second-order valence-electron chi connectivity index (χ2n) is 5.95. The molecule has 0 radical (unpaired) electrons. The van der Waals surface area contributed by atoms with E-state index >= 15 is 0 Å². The summed E-state index contributed by atoms with van der Waals surface area (Å²) in [5.74, 6) is 0.455. The molecule has 0 unspecified atom stereocenters. The smallest absolute Gasteiger partial charge is 0.409 e. The summed E-state index contributed by atoms with van der Waals surface area (Å²) in [6.45, 7) is 5.94. The zero-order chi connectivity index (χ0) is 18.9. The molecule has 1 rings (SSSR count). The number of nitrogens with one attached hydrogen (secondary N) is 1. The number of nitrogens with zero attached hydrogens (tertiary/aromatic N) is 3. The zero-order valence-electron chi connectivity index (χ0n) is 15.4. The maximum Gasteiger partial charge on any atom is 0.409 e. The molecule has 9 nitrogen and oxygen atoms in total. The van der Waals surface area contributed by atoms with Crippen LogP contribution in [0.3, 0.4) is 0 Å². The molecule has 0 aromatic rings. The Morgan fingerprint density at radius 2 is 2.00 bits per heavy atom. The lowest BCUT2D eigenvalue weighted by atomic mass is 10.1. The predicted molar refractivity (Wildman–Crippen MR) is 97.9 cm³/mol. The highest BCUT2D eigenvalue weighted by molar-refractivity contribution is 7.89. The number of carbonyl (C=O) groups excluding carboxylic acids is 1. The van der Waals surface area contributed by atoms with Crippen LogP contribution in [-0.2, 0) is 14.8 Å². The van der Waals surface area contributed by atoms with E-state index in [1.807, 2.05) is 0 Å². The number of nitrogens with two attached hydrogens (primary N) is 1. The van der Waals surface area contributed by atoms with Crippen molar-refractivity contribution < 1.29 is 17.9 Å². The van der Waals surface area contributed by atoms with E-state index < -0.39 is 10.0 Å². The third kappa shape index (κ3) is 7.47. The van der Waals surface area contributed by atoms with Gasteiger partial charge in [-0.25, -0.2) is 17.5 Å². The van der Waals surface area contributed by atoms with Gasteiger partial charge in [0.05, 0.1) is 12.4 Å². The molecule has 0 aromatic carbocycles. The Morgan fingerprint density at radius 1 is 1.36 bits per heavy atom. The summed E-state index contributed by atoms with van der Waals surface area (Å²) in [4.78, 5) is 17.6. The normalized spacial score (nSPS) is 17.0. The Bertz CT molecular complexity index is 544. The fourth-order valence-electron chi connectivity index (χ4n) is 2.53. The van der Waals surface area contributed by atoms with Crippen molar-refractivity contribution in [3.63, 3.8) is 0 Å². The van der Waals surface area contributed by atoms with Gasteiger partial charge < -0.3 is 20.7 Å². The van der Waals surface area contributed by atoms with Crippen LogP contribution >= 0.6 is 0 Å². The molecule has 0 spiro atoms. The van der Waals surface area contributed by atoms with Gasteiger partial charge in [0.1, 0.15) is 0 Å². The van der Waals surface area contributed by atoms with E-state index in [4.69, 9.17) is 10.5 Å². The van der Waals surface area contributed by atoms with Crippen molar-refractivity contribution in [3.05, 3.63) is 0 Å². The number of rotatable bonds is 8. The minimum atomic E-state index is -3.14. The van der Waals surface area contributed by atoms with Crippen LogP contribution in [0.2, 0.25) is 0 Å². The average molecular weight is 378 g/mol. The largest absolute Gasteiger partial charge is 0.450 e. The first-order valence-electron chi connectivity index (χ1n) is 8.72. The zero-order valence-corrected chi connectivity index (χ0v) is 16.2. The van der Waals surface area contributed by atoms with Gasteiger partial charge in [0.25, 0.3) is 0 Å². The number of carbonyl (C=O) groups is 1. The first-order valence-corrected chi connectivity index (χ1v) is 10.3. The number of ether oxygens (including phenoxy) is 1. The van der Waals surface area contributed by atoms with Crippen molar-refractivity contribution in [1.82, 2.24) is 14.5 Å². The monoisotopic (exact) mass is 377 g/mol. The summed E-state index contributed by atoms with van der Waals surface area (Å²) >= 11 is 0. The topological polar surface area (TPSA) is 117 Å². The molecule has 10 heteroatoms. The number of piperidine rings is 1. The van der Waals surface area contributed by atoms with Crippen LogP contribution in [0.5, 0.6) is 0 Å². The number of guanidine groups is 1. The first kappa shape index (κ1) is 21.5. The lowest BCUT2D eigenvalue weighted by Crippen LogP contribution is -2.48. The van der Waals surface area contributed by atoms with Crippen LogP contribution in [0, 0.1) is 0 Å². The Labute approximate surface area is 150 Å². The molecule has 0 aromatic heterocycles. The van der Waals surface area contributed by atoms with E-state index in [9.17, 15) is 13.2 Å². The van der Waals surface area contributed by atoms with Crippen molar-refractivity contribution >= 4 is 22.1 Å². The van der Waals surface area contributed by atoms with Crippen LogP contribution in [0.4, 0.5) is 4.79 Å². The number of amides is 1. The Kier molecular flexibility index (Phi) is 8.98. The van der Waals surface area contributed by atoms with Crippen molar-refractivity contribution in [2.75, 3.05) is 45.6 Å². The van der Waals surface area contributed by atoms with Gasteiger partial charge >= 0.3 is 6.09 Å². The molecule has 1 heterocycles. The van der Waals surface area contributed by atoms with Gasteiger partial charge in [-0.15, -0.1) is 0 Å². The molecule has 0 saturated carbocycles. The van der Waals surface area contributed by atoms with Crippen LogP contribution < -0.4 is 11.1 Å². The van der Waals surface area contributed by atoms with Crippen LogP contribution in [0.1, 0.15) is 33.1 Å². The van der Waals surface area contributed by atoms with Crippen LogP contribution in [0.15, 0.2) is 4.99 Å². The van der Waals surface area contributed by atoms with Gasteiger partial charge in [-0.1, -0.05) is 0 Å². The minimum Gasteiger partial charge on any atom is -0.450 e. The van der Waals surface area contributed by atoms with E-state index in [1.54, 1.807) is 25.8 Å². The second-order valence-corrected chi connectivity index (χ2v) is 8.31. The van der Waals surface area contributed by atoms with Gasteiger partial charge in [0.15, 0.2) is 5.96 Å². The van der Waals surface area contributed by atoms with Gasteiger partial charge in [0.2, 0.25) is 10.0 Å². The average Bonchev–Trinajstić information content (AvgIpc) is 2.59. The number of hydrogen-bond donors (Lipinski definition) is 2. The fourth-order valence-corrected chi connectivity index (χ4v) is 3.38. The summed E-state index contributed by atoms with van der Waals surface area (Å²) < 4.78 is 29.6. The molecule has 0 aliphatic carbocycles. The van der Waals surface area contributed by atoms with Crippen molar-refractivity contribution in [1.29, 1.82) is 0 Å². The summed E-state index contributed by atoms with van der Waals surface area (Å²) in [7, 11) is -1.57. The van der Waals surface area contributed by atoms with E-state index in [1.165, 1.54) is 4.31 Å². The fraction of sp³-hybridized carbons (Fsp3) is 0.867. The quantitative estimate of drug-likeness (QED) is 0.354. The van der Waals surface area contributed by atoms with Crippen molar-refractivity contribution in [3.8, 4) is 0 Å². The molecular formula is C15H31N5O4S. The Morgan fingerprint density at radius 3 is 2.56 bits per heavy atom. The molecule has 1 amide bonds. The van der Waals surface area contributed by atoms with E-state index in [0.717, 1.165) is 12.8 Å². The van der Waals surface area contributed by atoms with Crippen molar-refractivity contribution in [2.24, 2.45) is 10.7 Å². The maximum atomic E-state index is 11.6. The van der Waals surface area contributed by atoms with Gasteiger partial charge in [0, 0.05) is 39.3 Å². The lowest BCUT2D eigenvalue weighted by molar-refractivity contribution is 0.0963. The van der Waals surface area contributed by atoms with E-state index in [-0.39, 0.29) is 17.9 Å². The molecule has 0 bridgehead atoms. The summed E-state index contributed by atoms with van der Waals surface area (Å²) in [6.07, 6.45) is 1.91. The van der Waals surface area contributed by atoms with Gasteiger partial charge in [-0.3, -0.25) is 4.99 Å². The Hall–Kier alpha value is -1.55. The maximum absolute atomic E-state index is 11.6. The number of likely N-dealkylation sites (tertiary alicyclic amines) is 1. The van der Waals surface area contributed by atoms with Gasteiger partial charge in [-0.05, 0) is 33.1 Å². The summed E-state index contributed by atoms with van der Waals surface area (Å²) in [5, 5.41) is 3.16. The third-order valence-corrected chi connectivity index (χ3v) is 5.99. The minimum absolute atomic E-state index is 0.0982. The summed E-state index contributed by atoms with van der Waals surface area (Å²) in [6, 6.07) is 0.178. The number of hydrogen-bond acceptors (Lipinski definition) is 5. The third-order valence-electron chi connectivity index (χ3n) is 4.13. The van der Waals surface area contributed by atoms with Crippen molar-refractivity contribution in [2.45, 2.75) is 39.2 Å². The molecule has 0 atom stereocenters. The Balaban J connectivity index is 2.27. The van der Waals surface area contributed by atoms with Crippen LogP contribution in [-0.4, -0.2) is 81.3 Å². The molecule has 1 aliphatic rings. The molecule has 1 saturated heterocycles. The SMILES string of the molecule is CCOC(=O)N1CCC(NC(N)=NCCCN(C)S(=O)(=O)CC)CC1. The molecule has 25 heavy (non-hydrogen) atoms. The molecule has 146 valence electrons. The van der Waals surface area contributed by atoms with Crippen LogP contribution in [0.25, 0.3) is 0 Å². The number of aliphatic imine (C=N–C) groups is 1. The molecular weight excluding hydrogens is 346 g/mol. The van der Waals surface area contributed by atoms with E-state index in [0.29, 0.717) is 45.2 Å².